The van der Waals surface area contributed by atoms with E-state index in [9.17, 15) is 18.0 Å². The maximum absolute atomic E-state index is 13.1. The number of piperidine rings is 1. The van der Waals surface area contributed by atoms with Crippen molar-refractivity contribution in [1.29, 1.82) is 0 Å². The van der Waals surface area contributed by atoms with Gasteiger partial charge < -0.3 is 5.32 Å². The molecule has 1 aliphatic rings. The van der Waals surface area contributed by atoms with Gasteiger partial charge in [-0.2, -0.15) is 9.40 Å². The van der Waals surface area contributed by atoms with Gasteiger partial charge >= 0.3 is 0 Å². The molecule has 9 heteroatoms. The number of amides is 1. The van der Waals surface area contributed by atoms with Crippen molar-refractivity contribution in [1.82, 2.24) is 14.1 Å². The van der Waals surface area contributed by atoms with Crippen molar-refractivity contribution in [2.45, 2.75) is 44.0 Å². The number of fused-ring (bicyclic) bond motifs is 1. The molecule has 0 radical (unpaired) electrons. The minimum absolute atomic E-state index is 0.123. The molecule has 3 aromatic rings. The first-order valence-electron chi connectivity index (χ1n) is 10.8. The maximum atomic E-state index is 13.1. The lowest BCUT2D eigenvalue weighted by molar-refractivity contribution is 0.102. The molecular weight excluding hydrogens is 428 g/mol. The Morgan fingerprint density at radius 3 is 2.47 bits per heavy atom. The van der Waals surface area contributed by atoms with Crippen LogP contribution >= 0.6 is 0 Å². The Morgan fingerprint density at radius 1 is 1.03 bits per heavy atom. The third kappa shape index (κ3) is 4.31. The molecule has 0 atom stereocenters. The lowest BCUT2D eigenvalue weighted by Crippen LogP contribution is -2.35. The summed E-state index contributed by atoms with van der Waals surface area (Å²) in [4.78, 5) is 25.9. The topological polar surface area (TPSA) is 101 Å². The minimum Gasteiger partial charge on any atom is -0.321 e. The molecule has 0 unspecified atom stereocenters. The van der Waals surface area contributed by atoms with Gasteiger partial charge in [0.15, 0.2) is 5.69 Å². The number of carbonyl (C=O) groups excluding carboxylic acids is 1. The number of hydrogen-bond donors (Lipinski definition) is 1. The van der Waals surface area contributed by atoms with Crippen LogP contribution in [0.25, 0.3) is 10.8 Å². The summed E-state index contributed by atoms with van der Waals surface area (Å²) in [5.74, 6) is -0.501. The quantitative estimate of drug-likeness (QED) is 0.616. The van der Waals surface area contributed by atoms with Crippen LogP contribution in [0.1, 0.15) is 43.1 Å². The van der Waals surface area contributed by atoms with Crippen molar-refractivity contribution in [3.05, 3.63) is 64.6 Å². The van der Waals surface area contributed by atoms with Gasteiger partial charge in [0.25, 0.3) is 11.5 Å². The molecule has 1 N–H and O–H groups in total. The first-order chi connectivity index (χ1) is 15.4. The van der Waals surface area contributed by atoms with E-state index in [0.717, 1.165) is 19.3 Å². The molecule has 168 valence electrons. The highest BCUT2D eigenvalue weighted by Crippen LogP contribution is 2.23. The summed E-state index contributed by atoms with van der Waals surface area (Å²) in [5.41, 5.74) is 0.235. The number of hydrogen-bond acceptors (Lipinski definition) is 5. The van der Waals surface area contributed by atoms with Crippen LogP contribution in [0.2, 0.25) is 0 Å². The van der Waals surface area contributed by atoms with E-state index in [4.69, 9.17) is 0 Å². The predicted molar refractivity (Wildman–Crippen MR) is 123 cm³/mol. The molecule has 0 bridgehead atoms. The van der Waals surface area contributed by atoms with Crippen LogP contribution in [0.4, 0.5) is 5.69 Å². The fourth-order valence-electron chi connectivity index (χ4n) is 3.95. The maximum Gasteiger partial charge on any atom is 0.276 e. The van der Waals surface area contributed by atoms with E-state index in [0.29, 0.717) is 42.5 Å². The van der Waals surface area contributed by atoms with Gasteiger partial charge in [0.1, 0.15) is 0 Å². The lowest BCUT2D eigenvalue weighted by atomic mass is 10.1. The second kappa shape index (κ2) is 9.22. The molecule has 1 amide bonds. The summed E-state index contributed by atoms with van der Waals surface area (Å²) in [7, 11) is -3.62. The first kappa shape index (κ1) is 22.2. The molecule has 2 aromatic carbocycles. The molecule has 1 fully saturated rings. The van der Waals surface area contributed by atoms with Crippen LogP contribution < -0.4 is 10.9 Å². The highest BCUT2D eigenvalue weighted by molar-refractivity contribution is 7.89. The van der Waals surface area contributed by atoms with Crippen LogP contribution in [-0.4, -0.2) is 41.5 Å². The third-order valence-electron chi connectivity index (χ3n) is 5.56. The summed E-state index contributed by atoms with van der Waals surface area (Å²) < 4.78 is 28.8. The zero-order valence-electron chi connectivity index (χ0n) is 18.0. The normalized spacial score (nSPS) is 15.0. The zero-order chi connectivity index (χ0) is 22.7. The number of carbonyl (C=O) groups is 1. The number of nitrogens with one attached hydrogen (secondary N) is 1. The van der Waals surface area contributed by atoms with E-state index in [1.54, 1.807) is 36.4 Å². The number of sulfonamides is 1. The van der Waals surface area contributed by atoms with Crippen molar-refractivity contribution in [3.63, 3.8) is 0 Å². The Balaban J connectivity index is 1.67. The number of nitrogens with zero attached hydrogens (tertiary/aromatic N) is 3. The average molecular weight is 455 g/mol. The molecule has 1 aliphatic heterocycles. The Kier molecular flexibility index (Phi) is 6.38. The highest BCUT2D eigenvalue weighted by Gasteiger charge is 2.26. The van der Waals surface area contributed by atoms with Gasteiger partial charge in [0, 0.05) is 30.7 Å². The van der Waals surface area contributed by atoms with E-state index in [1.807, 2.05) is 6.92 Å². The van der Waals surface area contributed by atoms with Gasteiger partial charge in [-0.05, 0) is 43.5 Å². The molecule has 1 aromatic heterocycles. The molecule has 0 spiro atoms. The van der Waals surface area contributed by atoms with Crippen LogP contribution in [0, 0.1) is 0 Å². The monoisotopic (exact) mass is 454 g/mol. The minimum atomic E-state index is -3.62. The van der Waals surface area contributed by atoms with E-state index in [1.165, 1.54) is 21.1 Å². The molecule has 0 saturated carbocycles. The predicted octanol–water partition coefficient (Wildman–Crippen LogP) is 3.23. The van der Waals surface area contributed by atoms with Crippen LogP contribution in [-0.2, 0) is 16.6 Å². The second-order valence-corrected chi connectivity index (χ2v) is 9.81. The van der Waals surface area contributed by atoms with Crippen molar-refractivity contribution in [2.24, 2.45) is 0 Å². The molecule has 32 heavy (non-hydrogen) atoms. The van der Waals surface area contributed by atoms with Gasteiger partial charge in [-0.1, -0.05) is 37.6 Å². The number of aryl methyl sites for hydroxylation is 1. The van der Waals surface area contributed by atoms with Gasteiger partial charge in [-0.15, -0.1) is 0 Å². The van der Waals surface area contributed by atoms with E-state index in [-0.39, 0.29) is 16.1 Å². The van der Waals surface area contributed by atoms with E-state index < -0.39 is 15.9 Å². The number of aromatic nitrogens is 2. The average Bonchev–Trinajstić information content (AvgIpc) is 2.81. The zero-order valence-corrected chi connectivity index (χ0v) is 18.8. The fourth-order valence-corrected chi connectivity index (χ4v) is 5.51. The number of rotatable bonds is 6. The molecule has 4 rings (SSSR count). The smallest absolute Gasteiger partial charge is 0.276 e. The standard InChI is InChI=1S/C23H26N4O4S/c1-2-13-27-23(29)20-12-5-4-11-19(20)21(25-27)22(28)24-17-9-8-10-18(16-17)32(30,31)26-14-6-3-7-15-26/h4-5,8-12,16H,2-3,6-7,13-15H2,1H3,(H,24,28). The van der Waals surface area contributed by atoms with Crippen molar-refractivity contribution in [2.75, 3.05) is 18.4 Å². The summed E-state index contributed by atoms with van der Waals surface area (Å²) >= 11 is 0. The Morgan fingerprint density at radius 2 is 1.75 bits per heavy atom. The highest BCUT2D eigenvalue weighted by atomic mass is 32.2. The second-order valence-electron chi connectivity index (χ2n) is 7.87. The summed E-state index contributed by atoms with van der Waals surface area (Å²) in [6, 6.07) is 13.1. The fraction of sp³-hybridized carbons (Fsp3) is 0.348. The van der Waals surface area contributed by atoms with Gasteiger partial charge in [-0.3, -0.25) is 9.59 Å². The van der Waals surface area contributed by atoms with Crippen LogP contribution in [0.15, 0.2) is 58.2 Å². The molecule has 2 heterocycles. The van der Waals surface area contributed by atoms with E-state index >= 15 is 0 Å². The van der Waals surface area contributed by atoms with Gasteiger partial charge in [0.2, 0.25) is 10.0 Å². The molecule has 1 saturated heterocycles. The Labute approximate surface area is 186 Å². The largest absolute Gasteiger partial charge is 0.321 e. The molecule has 0 aliphatic carbocycles. The van der Waals surface area contributed by atoms with Gasteiger partial charge in [-0.25, -0.2) is 13.1 Å². The molecule has 8 nitrogen and oxygen atoms in total. The summed E-state index contributed by atoms with van der Waals surface area (Å²) in [5, 5.41) is 7.93. The van der Waals surface area contributed by atoms with Crippen LogP contribution in [0.5, 0.6) is 0 Å². The van der Waals surface area contributed by atoms with E-state index in [2.05, 4.69) is 10.4 Å². The molecular formula is C23H26N4O4S. The summed E-state index contributed by atoms with van der Waals surface area (Å²) in [6.45, 7) is 3.34. The van der Waals surface area contributed by atoms with Crippen LogP contribution in [0.3, 0.4) is 0 Å². The SMILES string of the molecule is CCCn1nc(C(=O)Nc2cccc(S(=O)(=O)N3CCCCC3)c2)c2ccccc2c1=O. The van der Waals surface area contributed by atoms with Crippen molar-refractivity contribution < 1.29 is 13.2 Å². The number of anilines is 1. The lowest BCUT2D eigenvalue weighted by Gasteiger charge is -2.26. The van der Waals surface area contributed by atoms with Crippen molar-refractivity contribution >= 4 is 32.4 Å². The van der Waals surface area contributed by atoms with Crippen molar-refractivity contribution in [3.8, 4) is 0 Å². The Bertz CT molecular complexity index is 1310. The first-order valence-corrected chi connectivity index (χ1v) is 12.3. The number of benzene rings is 2. The Hall–Kier alpha value is -3.04. The van der Waals surface area contributed by atoms with Gasteiger partial charge in [0.05, 0.1) is 10.3 Å². The summed E-state index contributed by atoms with van der Waals surface area (Å²) in [6.07, 6.45) is 3.43. The third-order valence-corrected chi connectivity index (χ3v) is 7.46.